The Morgan fingerprint density at radius 3 is 2.58 bits per heavy atom. The molecule has 36 heavy (non-hydrogen) atoms. The van der Waals surface area contributed by atoms with E-state index in [1.807, 2.05) is 0 Å². The minimum Gasteiger partial charge on any atom is -0.477 e. The molecule has 0 saturated carbocycles. The number of hydrogen-bond acceptors (Lipinski definition) is 9. The van der Waals surface area contributed by atoms with Gasteiger partial charge in [-0.15, -0.1) is 22.0 Å². The lowest BCUT2D eigenvalue weighted by molar-refractivity contribution is -0.151. The zero-order chi connectivity index (χ0) is 26.5. The number of rotatable bonds is 7. The lowest BCUT2D eigenvalue weighted by atomic mass is 10.0. The van der Waals surface area contributed by atoms with Crippen molar-refractivity contribution in [1.82, 2.24) is 30.2 Å². The predicted molar refractivity (Wildman–Crippen MR) is 127 cm³/mol. The molecule has 10 nitrogen and oxygen atoms in total. The third-order valence-electron chi connectivity index (χ3n) is 5.52. The maximum absolute atomic E-state index is 13.1. The number of amides is 2. The summed E-state index contributed by atoms with van der Waals surface area (Å²) in [5.41, 5.74) is -0.959. The summed E-state index contributed by atoms with van der Waals surface area (Å²) in [5.74, 6) is -2.03. The van der Waals surface area contributed by atoms with E-state index in [-0.39, 0.29) is 11.4 Å². The van der Waals surface area contributed by atoms with E-state index < -0.39 is 52.1 Å². The number of fused-ring (bicyclic) bond motifs is 1. The van der Waals surface area contributed by atoms with Gasteiger partial charge in [-0.3, -0.25) is 19.2 Å². The van der Waals surface area contributed by atoms with Gasteiger partial charge in [-0.25, -0.2) is 4.79 Å². The van der Waals surface area contributed by atoms with Crippen molar-refractivity contribution >= 4 is 64.2 Å². The summed E-state index contributed by atoms with van der Waals surface area (Å²) in [4.78, 5) is 38.8. The van der Waals surface area contributed by atoms with Crippen LogP contribution >= 0.6 is 46.5 Å². The molecule has 17 heteroatoms. The number of carboxylic acids is 1. The Balaban J connectivity index is 1.47. The molecule has 3 atom stereocenters. The molecule has 2 aromatic rings. The van der Waals surface area contributed by atoms with E-state index in [1.165, 1.54) is 48.7 Å². The van der Waals surface area contributed by atoms with E-state index in [9.17, 15) is 32.7 Å². The molecular weight excluding hydrogens is 565 g/mol. The van der Waals surface area contributed by atoms with E-state index in [0.717, 1.165) is 14.6 Å². The van der Waals surface area contributed by atoms with Gasteiger partial charge < -0.3 is 10.4 Å². The second-order valence-electron chi connectivity index (χ2n) is 7.90. The minimum atomic E-state index is -4.79. The molecule has 0 aliphatic carbocycles. The van der Waals surface area contributed by atoms with Crippen LogP contribution in [0.5, 0.6) is 0 Å². The Morgan fingerprint density at radius 1 is 1.33 bits per heavy atom. The second-order valence-corrected chi connectivity index (χ2v) is 11.8. The van der Waals surface area contributed by atoms with Crippen molar-refractivity contribution in [3.05, 3.63) is 32.7 Å². The van der Waals surface area contributed by atoms with Gasteiger partial charge in [-0.1, -0.05) is 34.7 Å². The first-order valence-electron chi connectivity index (χ1n) is 10.3. The number of β-lactam (4-membered cyclic amide) rings is 1. The lowest BCUT2D eigenvalue weighted by Gasteiger charge is -2.49. The van der Waals surface area contributed by atoms with Gasteiger partial charge in [0.2, 0.25) is 5.91 Å². The molecule has 4 heterocycles. The standard InChI is InChI=1S/C19H18ClF3N6O4S3/c1-6-10(20)13(19(21,22)23)27-29(6)7(2)14(30)24-11-15(31)28-12(17(32)33)9(4-34-16(11)28)5-35-18-26-25-8(3)36-18/h7,11,16H,4-5H2,1-3H3,(H,24,30)(H,32,33)/t7-,11-,16-/m0/s1. The van der Waals surface area contributed by atoms with Crippen molar-refractivity contribution in [2.24, 2.45) is 0 Å². The summed E-state index contributed by atoms with van der Waals surface area (Å²) >= 11 is 9.74. The molecule has 4 rings (SSSR count). The molecule has 1 fully saturated rings. The molecule has 0 spiro atoms. The average molecular weight is 583 g/mol. The number of aliphatic carboxylic acids is 1. The number of aryl methyl sites for hydroxylation is 1. The van der Waals surface area contributed by atoms with Gasteiger partial charge in [0, 0.05) is 11.5 Å². The average Bonchev–Trinajstić information content (AvgIpc) is 3.36. The molecule has 0 aromatic carbocycles. The Kier molecular flexibility index (Phi) is 7.34. The highest BCUT2D eigenvalue weighted by Crippen LogP contribution is 2.42. The van der Waals surface area contributed by atoms with Crippen LogP contribution in [0.2, 0.25) is 5.02 Å². The number of hydrogen-bond donors (Lipinski definition) is 2. The van der Waals surface area contributed by atoms with Crippen LogP contribution in [-0.4, -0.2) is 70.7 Å². The fourth-order valence-electron chi connectivity index (χ4n) is 3.72. The SMILES string of the molecule is Cc1nnc(SCC2=C(C(=O)O)N3C(=O)[C@H](NC(=O)[C@H](C)n4nc(C(F)(F)F)c(Cl)c4C)[C@@H]3SC2)s1. The fourth-order valence-corrected chi connectivity index (χ4v) is 7.25. The summed E-state index contributed by atoms with van der Waals surface area (Å²) < 4.78 is 40.9. The zero-order valence-electron chi connectivity index (χ0n) is 18.8. The topological polar surface area (TPSA) is 130 Å². The summed E-state index contributed by atoms with van der Waals surface area (Å²) in [6.07, 6.45) is -4.79. The smallest absolute Gasteiger partial charge is 0.436 e. The lowest BCUT2D eigenvalue weighted by Crippen LogP contribution is -2.71. The van der Waals surface area contributed by atoms with Crippen LogP contribution in [0, 0.1) is 13.8 Å². The molecule has 194 valence electrons. The molecule has 1 saturated heterocycles. The summed E-state index contributed by atoms with van der Waals surface area (Å²) in [7, 11) is 0. The van der Waals surface area contributed by atoms with Crippen LogP contribution in [0.4, 0.5) is 13.2 Å². The molecule has 2 aromatic heterocycles. The summed E-state index contributed by atoms with van der Waals surface area (Å²) in [6.45, 7) is 4.43. The first-order chi connectivity index (χ1) is 16.8. The Hall–Kier alpha value is -2.30. The van der Waals surface area contributed by atoms with E-state index in [1.54, 1.807) is 6.92 Å². The first-order valence-corrected chi connectivity index (χ1v) is 13.5. The highest BCUT2D eigenvalue weighted by Gasteiger charge is 2.54. The third kappa shape index (κ3) is 4.82. The van der Waals surface area contributed by atoms with Crippen LogP contribution in [0.15, 0.2) is 15.6 Å². The van der Waals surface area contributed by atoms with Crippen molar-refractivity contribution in [2.75, 3.05) is 11.5 Å². The number of aromatic nitrogens is 4. The highest BCUT2D eigenvalue weighted by atomic mass is 35.5. The molecular formula is C19H18ClF3N6O4S3. The number of carboxylic acid groups (broad SMARTS) is 1. The number of halogens is 4. The normalized spacial score (nSPS) is 20.8. The van der Waals surface area contributed by atoms with E-state index in [0.29, 0.717) is 21.4 Å². The second kappa shape index (κ2) is 9.87. The van der Waals surface area contributed by atoms with Crippen LogP contribution in [-0.2, 0) is 20.6 Å². The molecule has 2 aliphatic heterocycles. The number of thioether (sulfide) groups is 2. The largest absolute Gasteiger partial charge is 0.477 e. The minimum absolute atomic E-state index is 0.0518. The van der Waals surface area contributed by atoms with Crippen LogP contribution in [0.3, 0.4) is 0 Å². The van der Waals surface area contributed by atoms with Crippen LogP contribution in [0.25, 0.3) is 0 Å². The summed E-state index contributed by atoms with van der Waals surface area (Å²) in [6, 6.07) is -2.24. The van der Waals surface area contributed by atoms with Crippen molar-refractivity contribution < 1.29 is 32.7 Å². The Morgan fingerprint density at radius 2 is 2.03 bits per heavy atom. The van der Waals surface area contributed by atoms with E-state index >= 15 is 0 Å². The summed E-state index contributed by atoms with van der Waals surface area (Å²) in [5, 5.41) is 23.2. The maximum Gasteiger partial charge on any atom is 0.436 e. The van der Waals surface area contributed by atoms with Gasteiger partial charge in [0.25, 0.3) is 5.91 Å². The monoisotopic (exact) mass is 582 g/mol. The van der Waals surface area contributed by atoms with E-state index in [2.05, 4.69) is 20.6 Å². The Bertz CT molecular complexity index is 1280. The van der Waals surface area contributed by atoms with Crippen LogP contribution in [0.1, 0.15) is 29.4 Å². The van der Waals surface area contributed by atoms with Crippen molar-refractivity contribution in [3.8, 4) is 0 Å². The van der Waals surface area contributed by atoms with Gasteiger partial charge in [-0.2, -0.15) is 18.3 Å². The van der Waals surface area contributed by atoms with Gasteiger partial charge in [0.1, 0.15) is 28.2 Å². The molecule has 0 radical (unpaired) electrons. The van der Waals surface area contributed by atoms with Gasteiger partial charge in [-0.05, 0) is 26.3 Å². The Labute approximate surface area is 219 Å². The maximum atomic E-state index is 13.1. The van der Waals surface area contributed by atoms with Gasteiger partial charge in [0.05, 0.1) is 10.7 Å². The van der Waals surface area contributed by atoms with E-state index in [4.69, 9.17) is 11.6 Å². The first kappa shape index (κ1) is 26.8. The highest BCUT2D eigenvalue weighted by molar-refractivity contribution is 8.01. The number of carbonyl (C=O) groups excluding carboxylic acids is 2. The van der Waals surface area contributed by atoms with Crippen molar-refractivity contribution in [3.63, 3.8) is 0 Å². The van der Waals surface area contributed by atoms with Gasteiger partial charge >= 0.3 is 12.1 Å². The molecule has 2 amide bonds. The molecule has 0 bridgehead atoms. The molecule has 2 N–H and O–H groups in total. The quantitative estimate of drug-likeness (QED) is 0.373. The number of nitrogens with zero attached hydrogens (tertiary/aromatic N) is 5. The van der Waals surface area contributed by atoms with Gasteiger partial charge in [0.15, 0.2) is 10.0 Å². The van der Waals surface area contributed by atoms with Crippen molar-refractivity contribution in [2.45, 2.75) is 48.7 Å². The zero-order valence-corrected chi connectivity index (χ0v) is 22.0. The molecule has 0 unspecified atom stereocenters. The number of nitrogens with one attached hydrogen (secondary N) is 1. The van der Waals surface area contributed by atoms with Crippen LogP contribution < -0.4 is 5.32 Å². The number of carbonyl (C=O) groups is 3. The van der Waals surface area contributed by atoms with Crippen molar-refractivity contribution in [1.29, 1.82) is 0 Å². The number of alkyl halides is 3. The third-order valence-corrected chi connectivity index (χ3v) is 9.37. The molecule has 2 aliphatic rings. The fraction of sp³-hybridized carbons (Fsp3) is 0.474. The predicted octanol–water partition coefficient (Wildman–Crippen LogP) is 3.12.